The molecule has 0 aliphatic carbocycles. The minimum absolute atomic E-state index is 0.00945. The number of anilines is 1. The molecule has 1 heterocycles. The molecular weight excluding hydrogens is 475 g/mol. The van der Waals surface area contributed by atoms with E-state index in [1.54, 1.807) is 0 Å². The first-order valence-corrected chi connectivity index (χ1v) is 11.5. The van der Waals surface area contributed by atoms with Crippen LogP contribution in [0.15, 0.2) is 47.4 Å². The third-order valence-corrected chi connectivity index (χ3v) is 5.74. The maximum Gasteiger partial charge on any atom is 0.416 e. The zero-order chi connectivity index (χ0) is 23.0. The number of benzene rings is 2. The Morgan fingerprint density at radius 3 is 2.45 bits per heavy atom. The molecule has 6 nitrogen and oxygen atoms in total. The van der Waals surface area contributed by atoms with Crippen LogP contribution in [0, 0.1) is 0 Å². The second-order valence-electron chi connectivity index (χ2n) is 6.26. The number of thiocarbonyl (C=S) groups is 1. The highest BCUT2D eigenvalue weighted by molar-refractivity contribution is 8.27. The molecule has 0 saturated carbocycles. The summed E-state index contributed by atoms with van der Waals surface area (Å²) in [5.74, 6) is -0.490. The van der Waals surface area contributed by atoms with Crippen molar-refractivity contribution in [3.05, 3.63) is 58.5 Å². The third-order valence-electron chi connectivity index (χ3n) is 3.95. The van der Waals surface area contributed by atoms with Gasteiger partial charge in [-0.15, -0.1) is 0 Å². The van der Waals surface area contributed by atoms with Crippen molar-refractivity contribution in [1.82, 2.24) is 0 Å². The Morgan fingerprint density at radius 2 is 1.84 bits per heavy atom. The minimum Gasteiger partial charge on any atom is -0.493 e. The van der Waals surface area contributed by atoms with Crippen molar-refractivity contribution >= 4 is 56.1 Å². The quantitative estimate of drug-likeness (QED) is 0.349. The van der Waals surface area contributed by atoms with Gasteiger partial charge in [0.1, 0.15) is 0 Å². The fourth-order valence-corrected chi connectivity index (χ4v) is 4.43. The summed E-state index contributed by atoms with van der Waals surface area (Å²) in [7, 11) is -2.45. The molecule has 2 aromatic rings. The Labute approximate surface area is 185 Å². The van der Waals surface area contributed by atoms with E-state index in [1.807, 2.05) is 0 Å². The lowest BCUT2D eigenvalue weighted by molar-refractivity contribution is -0.137. The highest BCUT2D eigenvalue weighted by Crippen LogP contribution is 2.39. The molecule has 0 N–H and O–H groups in total. The Bertz CT molecular complexity index is 1190. The van der Waals surface area contributed by atoms with Crippen molar-refractivity contribution in [2.24, 2.45) is 0 Å². The fraction of sp³-hybridized carbons (Fsp3) is 0.158. The molecule has 1 aliphatic rings. The van der Waals surface area contributed by atoms with Gasteiger partial charge >= 0.3 is 16.3 Å². The highest BCUT2D eigenvalue weighted by atomic mass is 32.2. The lowest BCUT2D eigenvalue weighted by Crippen LogP contribution is -2.27. The van der Waals surface area contributed by atoms with Crippen LogP contribution in [-0.2, 0) is 21.1 Å². The number of hydrogen-bond acceptors (Lipinski definition) is 7. The molecule has 0 spiro atoms. The molecule has 1 fully saturated rings. The topological polar surface area (TPSA) is 72.9 Å². The highest BCUT2D eigenvalue weighted by Gasteiger charge is 2.36. The van der Waals surface area contributed by atoms with Crippen molar-refractivity contribution in [1.29, 1.82) is 0 Å². The van der Waals surface area contributed by atoms with Crippen molar-refractivity contribution in [2.75, 3.05) is 18.3 Å². The van der Waals surface area contributed by atoms with Crippen LogP contribution in [0.2, 0.25) is 0 Å². The number of carbonyl (C=O) groups is 1. The summed E-state index contributed by atoms with van der Waals surface area (Å²) in [6.45, 7) is 0. The third kappa shape index (κ3) is 5.38. The van der Waals surface area contributed by atoms with Gasteiger partial charge in [0.2, 0.25) is 0 Å². The summed E-state index contributed by atoms with van der Waals surface area (Å²) in [6, 6.07) is 8.64. The van der Waals surface area contributed by atoms with Gasteiger partial charge in [0.15, 0.2) is 15.8 Å². The van der Waals surface area contributed by atoms with E-state index in [1.165, 1.54) is 43.5 Å². The number of alkyl halides is 3. The Balaban J connectivity index is 1.92. The van der Waals surface area contributed by atoms with E-state index in [9.17, 15) is 26.4 Å². The molecule has 0 unspecified atom stereocenters. The van der Waals surface area contributed by atoms with Crippen LogP contribution >= 0.6 is 24.0 Å². The van der Waals surface area contributed by atoms with Gasteiger partial charge < -0.3 is 8.92 Å². The second-order valence-corrected chi connectivity index (χ2v) is 9.51. The largest absolute Gasteiger partial charge is 0.493 e. The molecule has 3 rings (SSSR count). The molecule has 1 amide bonds. The van der Waals surface area contributed by atoms with E-state index < -0.39 is 27.8 Å². The lowest BCUT2D eigenvalue weighted by Gasteiger charge is -2.16. The zero-order valence-electron chi connectivity index (χ0n) is 16.0. The monoisotopic (exact) mass is 489 g/mol. The van der Waals surface area contributed by atoms with Crippen LogP contribution in [0.1, 0.15) is 11.1 Å². The summed E-state index contributed by atoms with van der Waals surface area (Å²) in [5, 5.41) is 0. The van der Waals surface area contributed by atoms with Crippen molar-refractivity contribution < 1.29 is 35.3 Å². The van der Waals surface area contributed by atoms with Crippen LogP contribution in [0.25, 0.3) is 6.08 Å². The lowest BCUT2D eigenvalue weighted by atomic mass is 10.1. The van der Waals surface area contributed by atoms with Gasteiger partial charge in [-0.05, 0) is 42.0 Å². The molecule has 0 bridgehead atoms. The van der Waals surface area contributed by atoms with E-state index in [-0.39, 0.29) is 26.4 Å². The molecule has 31 heavy (non-hydrogen) atoms. The fourth-order valence-electron chi connectivity index (χ4n) is 2.67. The first-order chi connectivity index (χ1) is 14.4. The van der Waals surface area contributed by atoms with Crippen LogP contribution in [-0.4, -0.2) is 32.0 Å². The second kappa shape index (κ2) is 8.52. The van der Waals surface area contributed by atoms with Crippen LogP contribution in [0.3, 0.4) is 0 Å². The first-order valence-electron chi connectivity index (χ1n) is 8.42. The maximum atomic E-state index is 13.0. The number of rotatable bonds is 5. The van der Waals surface area contributed by atoms with Gasteiger partial charge in [0.25, 0.3) is 5.91 Å². The standard InChI is InChI=1S/C19H14F3NO5S3/c1-27-15-8-11(6-7-14(15)28-31(2,25)26)9-16-17(24)23(18(29)30-16)13-5-3-4-12(10-13)19(20,21)22/h3-10H,1-2H3. The number of ether oxygens (including phenoxy) is 1. The molecule has 0 radical (unpaired) electrons. The normalized spacial score (nSPS) is 16.2. The van der Waals surface area contributed by atoms with E-state index in [0.29, 0.717) is 5.56 Å². The summed E-state index contributed by atoms with van der Waals surface area (Å²) in [5.41, 5.74) is -0.410. The minimum atomic E-state index is -4.56. The summed E-state index contributed by atoms with van der Waals surface area (Å²) in [4.78, 5) is 14.0. The molecule has 2 aromatic carbocycles. The summed E-state index contributed by atoms with van der Waals surface area (Å²) >= 11 is 6.13. The Hall–Kier alpha value is -2.57. The number of hydrogen-bond donors (Lipinski definition) is 0. The molecule has 1 aliphatic heterocycles. The van der Waals surface area contributed by atoms with Gasteiger partial charge in [-0.25, -0.2) is 0 Å². The van der Waals surface area contributed by atoms with Crippen LogP contribution < -0.4 is 13.8 Å². The van der Waals surface area contributed by atoms with Gasteiger partial charge in [0.05, 0.1) is 29.5 Å². The maximum absolute atomic E-state index is 13.0. The van der Waals surface area contributed by atoms with Gasteiger partial charge in [0, 0.05) is 0 Å². The molecule has 0 atom stereocenters. The number of carbonyl (C=O) groups excluding carboxylic acids is 1. The predicted octanol–water partition coefficient (Wildman–Crippen LogP) is 4.46. The summed E-state index contributed by atoms with van der Waals surface area (Å²) in [6.07, 6.45) is -2.20. The molecule has 164 valence electrons. The number of amides is 1. The predicted molar refractivity (Wildman–Crippen MR) is 116 cm³/mol. The van der Waals surface area contributed by atoms with Crippen LogP contribution in [0.5, 0.6) is 11.5 Å². The zero-order valence-corrected chi connectivity index (χ0v) is 18.4. The van der Waals surface area contributed by atoms with Crippen LogP contribution in [0.4, 0.5) is 18.9 Å². The number of nitrogens with zero attached hydrogens (tertiary/aromatic N) is 1. The number of thioether (sulfide) groups is 1. The average molecular weight is 490 g/mol. The van der Waals surface area contributed by atoms with Gasteiger partial charge in [-0.2, -0.15) is 21.6 Å². The van der Waals surface area contributed by atoms with Crippen molar-refractivity contribution in [3.8, 4) is 11.5 Å². The van der Waals surface area contributed by atoms with E-state index >= 15 is 0 Å². The SMILES string of the molecule is COc1cc(C=C2SC(=S)N(c3cccc(C(F)(F)F)c3)C2=O)ccc1OS(C)(=O)=O. The van der Waals surface area contributed by atoms with Gasteiger partial charge in [-0.1, -0.05) is 36.1 Å². The molecule has 0 aromatic heterocycles. The molecule has 12 heteroatoms. The molecule has 1 saturated heterocycles. The Kier molecular flexibility index (Phi) is 6.35. The van der Waals surface area contributed by atoms with Crippen molar-refractivity contribution in [2.45, 2.75) is 6.18 Å². The Morgan fingerprint density at radius 1 is 1.13 bits per heavy atom. The van der Waals surface area contributed by atoms with Gasteiger partial charge in [-0.3, -0.25) is 9.69 Å². The van der Waals surface area contributed by atoms with Crippen molar-refractivity contribution in [3.63, 3.8) is 0 Å². The number of halogens is 3. The molecular formula is C19H14F3NO5S3. The van der Waals surface area contributed by atoms with E-state index in [4.69, 9.17) is 21.1 Å². The van der Waals surface area contributed by atoms with E-state index in [2.05, 4.69) is 0 Å². The smallest absolute Gasteiger partial charge is 0.416 e. The van der Waals surface area contributed by atoms with E-state index in [0.717, 1.165) is 35.1 Å². The number of methoxy groups -OCH3 is 1. The first kappa shape index (κ1) is 23.1. The average Bonchev–Trinajstić information content (AvgIpc) is 2.94. The summed E-state index contributed by atoms with van der Waals surface area (Å²) < 4.78 is 71.7.